The summed E-state index contributed by atoms with van der Waals surface area (Å²) < 4.78 is 7.31. The van der Waals surface area contributed by atoms with Crippen molar-refractivity contribution in [1.82, 2.24) is 20.1 Å². The second kappa shape index (κ2) is 8.49. The van der Waals surface area contributed by atoms with E-state index in [-0.39, 0.29) is 11.2 Å². The van der Waals surface area contributed by atoms with Gasteiger partial charge in [-0.2, -0.15) is 0 Å². The van der Waals surface area contributed by atoms with Crippen LogP contribution in [0.1, 0.15) is 24.8 Å². The van der Waals surface area contributed by atoms with Gasteiger partial charge in [0.1, 0.15) is 0 Å². The van der Waals surface area contributed by atoms with Gasteiger partial charge in [0.15, 0.2) is 11.0 Å². The molecule has 0 aliphatic carbocycles. The summed E-state index contributed by atoms with van der Waals surface area (Å²) in [6.07, 6.45) is 2.95. The topological polar surface area (TPSA) is 69.0 Å². The molecule has 6 nitrogen and oxygen atoms in total. The van der Waals surface area contributed by atoms with Crippen LogP contribution < -0.4 is 5.32 Å². The second-order valence-electron chi connectivity index (χ2n) is 6.21. The van der Waals surface area contributed by atoms with E-state index < -0.39 is 0 Å². The van der Waals surface area contributed by atoms with Crippen molar-refractivity contribution in [3.8, 4) is 11.4 Å². The van der Waals surface area contributed by atoms with Crippen LogP contribution in [0.2, 0.25) is 0 Å². The van der Waals surface area contributed by atoms with Gasteiger partial charge in [-0.1, -0.05) is 41.9 Å². The number of thioether (sulfide) groups is 1. The lowest BCUT2D eigenvalue weighted by atomic mass is 10.1. The molecule has 1 saturated heterocycles. The van der Waals surface area contributed by atoms with Crippen LogP contribution in [-0.2, 0) is 16.1 Å². The normalized spacial score (nSPS) is 18.0. The van der Waals surface area contributed by atoms with Crippen molar-refractivity contribution in [2.75, 3.05) is 20.3 Å². The largest absolute Gasteiger partial charge is 0.383 e. The van der Waals surface area contributed by atoms with Crippen LogP contribution in [0.25, 0.3) is 11.4 Å². The smallest absolute Gasteiger partial charge is 0.233 e. The maximum atomic E-state index is 12.3. The molecule has 1 aromatic heterocycles. The molecular weight excluding hydrogens is 336 g/mol. The summed E-state index contributed by atoms with van der Waals surface area (Å²) in [5.41, 5.74) is 2.21. The number of nitrogens with zero attached hydrogens (tertiary/aromatic N) is 3. The Hall–Kier alpha value is -1.86. The fourth-order valence-corrected chi connectivity index (χ4v) is 4.03. The molecule has 1 aliphatic heterocycles. The minimum absolute atomic E-state index is 0.0981. The molecule has 0 radical (unpaired) electrons. The predicted octanol–water partition coefficient (Wildman–Crippen LogP) is 2.66. The number of nitrogens with one attached hydrogen (secondary N) is 1. The monoisotopic (exact) mass is 360 g/mol. The van der Waals surface area contributed by atoms with Crippen LogP contribution >= 0.6 is 11.8 Å². The minimum atomic E-state index is -0.113. The van der Waals surface area contributed by atoms with Gasteiger partial charge in [0, 0.05) is 19.2 Å². The molecule has 3 rings (SSSR count). The van der Waals surface area contributed by atoms with E-state index in [4.69, 9.17) is 4.74 Å². The molecule has 1 aliphatic rings. The van der Waals surface area contributed by atoms with E-state index >= 15 is 0 Å². The number of carbonyl (C=O) groups excluding carboxylic acids is 1. The van der Waals surface area contributed by atoms with E-state index in [9.17, 15) is 4.79 Å². The molecule has 1 N–H and O–H groups in total. The van der Waals surface area contributed by atoms with E-state index in [1.165, 1.54) is 17.3 Å². The van der Waals surface area contributed by atoms with Crippen molar-refractivity contribution in [2.45, 2.75) is 43.1 Å². The zero-order valence-corrected chi connectivity index (χ0v) is 15.5. The fraction of sp³-hybridized carbons (Fsp3) is 0.500. The van der Waals surface area contributed by atoms with E-state index in [2.05, 4.69) is 39.1 Å². The third kappa shape index (κ3) is 4.41. The zero-order chi connectivity index (χ0) is 17.6. The first-order chi connectivity index (χ1) is 12.2. The zero-order valence-electron chi connectivity index (χ0n) is 14.7. The van der Waals surface area contributed by atoms with Crippen LogP contribution in [-0.4, -0.2) is 46.2 Å². The van der Waals surface area contributed by atoms with Gasteiger partial charge in [0.2, 0.25) is 5.91 Å². The van der Waals surface area contributed by atoms with Gasteiger partial charge < -0.3 is 10.1 Å². The van der Waals surface area contributed by atoms with Gasteiger partial charge in [0.25, 0.3) is 0 Å². The summed E-state index contributed by atoms with van der Waals surface area (Å²) in [6.45, 7) is 4.05. The lowest BCUT2D eigenvalue weighted by molar-refractivity contribution is -0.120. The number of hydrogen-bond donors (Lipinski definition) is 1. The van der Waals surface area contributed by atoms with Crippen molar-refractivity contribution in [3.05, 3.63) is 29.8 Å². The number of aromatic nitrogens is 3. The van der Waals surface area contributed by atoms with Gasteiger partial charge in [-0.25, -0.2) is 0 Å². The first-order valence-electron chi connectivity index (χ1n) is 8.62. The Morgan fingerprint density at radius 3 is 3.04 bits per heavy atom. The molecule has 1 atom stereocenters. The van der Waals surface area contributed by atoms with E-state index in [0.717, 1.165) is 42.4 Å². The number of amides is 1. The number of rotatable bonds is 6. The lowest BCUT2D eigenvalue weighted by Gasteiger charge is -2.14. The molecular formula is C18H24N4O2S. The third-order valence-electron chi connectivity index (χ3n) is 4.24. The standard InChI is InChI=1S/C18H24N4O2S/c1-13-6-5-7-14(12-13)16-20-21-18(22(16)10-11-24-2)25-15-8-3-4-9-19-17(15)23/h5-7,12,15H,3-4,8-11H2,1-2H3,(H,19,23). The molecule has 0 spiro atoms. The van der Waals surface area contributed by atoms with Crippen molar-refractivity contribution in [2.24, 2.45) is 0 Å². The van der Waals surface area contributed by atoms with Crippen LogP contribution in [0.4, 0.5) is 0 Å². The first-order valence-corrected chi connectivity index (χ1v) is 9.50. The minimum Gasteiger partial charge on any atom is -0.383 e. The maximum absolute atomic E-state index is 12.3. The van der Waals surface area contributed by atoms with Crippen LogP contribution in [0.5, 0.6) is 0 Å². The summed E-state index contributed by atoms with van der Waals surface area (Å²) in [5.74, 6) is 0.915. The SMILES string of the molecule is COCCn1c(SC2CCCCNC2=O)nnc1-c1cccc(C)c1. The van der Waals surface area contributed by atoms with Crippen molar-refractivity contribution >= 4 is 17.7 Å². The predicted molar refractivity (Wildman–Crippen MR) is 98.6 cm³/mol. The Morgan fingerprint density at radius 1 is 1.36 bits per heavy atom. The van der Waals surface area contributed by atoms with E-state index in [1.54, 1.807) is 7.11 Å². The molecule has 7 heteroatoms. The number of benzene rings is 1. The maximum Gasteiger partial charge on any atom is 0.233 e. The van der Waals surface area contributed by atoms with Crippen molar-refractivity contribution in [3.63, 3.8) is 0 Å². The molecule has 1 aromatic carbocycles. The second-order valence-corrected chi connectivity index (χ2v) is 7.38. The van der Waals surface area contributed by atoms with Crippen LogP contribution in [0.15, 0.2) is 29.4 Å². The van der Waals surface area contributed by atoms with Crippen molar-refractivity contribution < 1.29 is 9.53 Å². The lowest BCUT2D eigenvalue weighted by Crippen LogP contribution is -2.30. The summed E-state index contributed by atoms with van der Waals surface area (Å²) >= 11 is 1.50. The van der Waals surface area contributed by atoms with Gasteiger partial charge in [-0.05, 0) is 25.8 Å². The summed E-state index contributed by atoms with van der Waals surface area (Å²) in [7, 11) is 1.68. The molecule has 0 bridgehead atoms. The Bertz CT molecular complexity index is 732. The summed E-state index contributed by atoms with van der Waals surface area (Å²) in [4.78, 5) is 12.3. The Labute approximate surface area is 152 Å². The summed E-state index contributed by atoms with van der Waals surface area (Å²) in [6, 6.07) is 8.21. The first kappa shape index (κ1) is 17.9. The number of hydrogen-bond acceptors (Lipinski definition) is 5. The molecule has 0 saturated carbocycles. The quantitative estimate of drug-likeness (QED) is 0.858. The van der Waals surface area contributed by atoms with Crippen molar-refractivity contribution in [1.29, 1.82) is 0 Å². The van der Waals surface area contributed by atoms with Gasteiger partial charge >= 0.3 is 0 Å². The highest BCUT2D eigenvalue weighted by molar-refractivity contribution is 8.00. The van der Waals surface area contributed by atoms with E-state index in [1.807, 2.05) is 12.1 Å². The van der Waals surface area contributed by atoms with Gasteiger partial charge in [-0.3, -0.25) is 9.36 Å². The molecule has 2 heterocycles. The average Bonchev–Trinajstić information content (AvgIpc) is 2.89. The Morgan fingerprint density at radius 2 is 2.24 bits per heavy atom. The molecule has 2 aromatic rings. The number of carbonyl (C=O) groups is 1. The molecule has 25 heavy (non-hydrogen) atoms. The highest BCUT2D eigenvalue weighted by Gasteiger charge is 2.25. The van der Waals surface area contributed by atoms with Gasteiger partial charge in [-0.15, -0.1) is 10.2 Å². The van der Waals surface area contributed by atoms with Crippen LogP contribution in [0.3, 0.4) is 0 Å². The molecule has 1 fully saturated rings. The fourth-order valence-electron chi connectivity index (χ4n) is 2.91. The number of ether oxygens (including phenoxy) is 1. The Kier molecular flexibility index (Phi) is 6.09. The molecule has 1 unspecified atom stereocenters. The van der Waals surface area contributed by atoms with Gasteiger partial charge in [0.05, 0.1) is 18.4 Å². The Balaban J connectivity index is 1.89. The summed E-state index contributed by atoms with van der Waals surface area (Å²) in [5, 5.41) is 12.4. The average molecular weight is 360 g/mol. The highest BCUT2D eigenvalue weighted by Crippen LogP contribution is 2.30. The van der Waals surface area contributed by atoms with E-state index in [0.29, 0.717) is 13.2 Å². The number of methoxy groups -OCH3 is 1. The molecule has 134 valence electrons. The molecule has 1 amide bonds. The number of aryl methyl sites for hydroxylation is 1. The highest BCUT2D eigenvalue weighted by atomic mass is 32.2. The third-order valence-corrected chi connectivity index (χ3v) is 5.49. The van der Waals surface area contributed by atoms with Crippen LogP contribution in [0, 0.1) is 6.92 Å².